The molecule has 21 heavy (non-hydrogen) atoms. The van der Waals surface area contributed by atoms with Crippen LogP contribution in [0.3, 0.4) is 0 Å². The van der Waals surface area contributed by atoms with Crippen LogP contribution in [0.4, 0.5) is 4.79 Å². The van der Waals surface area contributed by atoms with Crippen LogP contribution in [0.5, 0.6) is 0 Å². The van der Waals surface area contributed by atoms with Crippen molar-refractivity contribution in [2.45, 2.75) is 32.2 Å². The van der Waals surface area contributed by atoms with Crippen molar-refractivity contribution in [2.24, 2.45) is 0 Å². The van der Waals surface area contributed by atoms with E-state index in [9.17, 15) is 4.79 Å². The summed E-state index contributed by atoms with van der Waals surface area (Å²) in [6, 6.07) is 0.542. The molecule has 0 bridgehead atoms. The molecule has 0 radical (unpaired) electrons. The van der Waals surface area contributed by atoms with E-state index in [1.165, 1.54) is 6.42 Å². The zero-order valence-corrected chi connectivity index (χ0v) is 13.2. The van der Waals surface area contributed by atoms with Gasteiger partial charge >= 0.3 is 6.09 Å². The smallest absolute Gasteiger partial charge is 0.409 e. The van der Waals surface area contributed by atoms with E-state index in [0.717, 1.165) is 65.3 Å². The first-order chi connectivity index (χ1) is 10.3. The van der Waals surface area contributed by atoms with Crippen LogP contribution < -0.4 is 5.32 Å². The minimum Gasteiger partial charge on any atom is -0.450 e. The fourth-order valence-electron chi connectivity index (χ4n) is 2.91. The Morgan fingerprint density at radius 3 is 2.62 bits per heavy atom. The Morgan fingerprint density at radius 1 is 1.24 bits per heavy atom. The second-order valence-electron chi connectivity index (χ2n) is 5.72. The number of carbonyl (C=O) groups excluding carboxylic acids is 1. The third-order valence-electron chi connectivity index (χ3n) is 4.21. The molecular weight excluding hydrogens is 270 g/mol. The monoisotopic (exact) mass is 299 g/mol. The molecule has 1 amide bonds. The molecule has 0 aromatic rings. The van der Waals surface area contributed by atoms with Gasteiger partial charge in [-0.3, -0.25) is 4.90 Å². The van der Waals surface area contributed by atoms with Crippen LogP contribution in [0.15, 0.2) is 0 Å². The molecule has 2 rings (SSSR count). The van der Waals surface area contributed by atoms with Gasteiger partial charge in [0.1, 0.15) is 0 Å². The van der Waals surface area contributed by atoms with Gasteiger partial charge in [-0.05, 0) is 39.3 Å². The number of nitrogens with zero attached hydrogens (tertiary/aromatic N) is 2. The summed E-state index contributed by atoms with van der Waals surface area (Å²) in [6.45, 7) is 10.0. The van der Waals surface area contributed by atoms with E-state index in [-0.39, 0.29) is 6.09 Å². The minimum atomic E-state index is -0.164. The lowest BCUT2D eigenvalue weighted by Gasteiger charge is -2.32. The lowest BCUT2D eigenvalue weighted by atomic mass is 10.1. The number of hydrogen-bond acceptors (Lipinski definition) is 5. The highest BCUT2D eigenvalue weighted by atomic mass is 16.6. The summed E-state index contributed by atoms with van der Waals surface area (Å²) in [5.41, 5.74) is 0. The molecule has 0 spiro atoms. The highest BCUT2D eigenvalue weighted by Gasteiger charge is 2.23. The van der Waals surface area contributed by atoms with Crippen molar-refractivity contribution in [3.05, 3.63) is 0 Å². The molecule has 6 nitrogen and oxygen atoms in total. The van der Waals surface area contributed by atoms with Gasteiger partial charge in [-0.1, -0.05) is 0 Å². The maximum atomic E-state index is 11.6. The standard InChI is InChI=1S/C15H29N3O3/c1-2-21-15(19)18-8-4-14(5-9-18)16-6-3-7-17-10-12-20-13-11-17/h14,16H,2-13H2,1H3. The van der Waals surface area contributed by atoms with Crippen molar-refractivity contribution >= 4 is 6.09 Å². The Balaban J connectivity index is 1.51. The molecule has 6 heteroatoms. The Bertz CT molecular complexity index is 301. The predicted molar refractivity (Wildman–Crippen MR) is 81.5 cm³/mol. The van der Waals surface area contributed by atoms with E-state index in [4.69, 9.17) is 9.47 Å². The van der Waals surface area contributed by atoms with E-state index in [1.807, 2.05) is 11.8 Å². The summed E-state index contributed by atoms with van der Waals surface area (Å²) in [4.78, 5) is 15.9. The summed E-state index contributed by atoms with van der Waals surface area (Å²) in [5, 5.41) is 3.62. The topological polar surface area (TPSA) is 54.0 Å². The highest BCUT2D eigenvalue weighted by molar-refractivity contribution is 5.67. The summed E-state index contributed by atoms with van der Waals surface area (Å²) in [7, 11) is 0. The second kappa shape index (κ2) is 9.23. The molecule has 0 aromatic carbocycles. The normalized spacial score (nSPS) is 21.5. The molecule has 2 aliphatic heterocycles. The van der Waals surface area contributed by atoms with Crippen LogP contribution in [0.25, 0.3) is 0 Å². The lowest BCUT2D eigenvalue weighted by Crippen LogP contribution is -2.45. The molecule has 0 atom stereocenters. The average molecular weight is 299 g/mol. The number of likely N-dealkylation sites (tertiary alicyclic amines) is 1. The van der Waals surface area contributed by atoms with Crippen molar-refractivity contribution in [3.8, 4) is 0 Å². The van der Waals surface area contributed by atoms with Crippen LogP contribution in [0.2, 0.25) is 0 Å². The Morgan fingerprint density at radius 2 is 1.95 bits per heavy atom. The molecule has 0 unspecified atom stereocenters. The zero-order chi connectivity index (χ0) is 14.9. The van der Waals surface area contributed by atoms with E-state index >= 15 is 0 Å². The molecule has 2 aliphatic rings. The van der Waals surface area contributed by atoms with Gasteiger partial charge in [0.2, 0.25) is 0 Å². The number of piperidine rings is 1. The zero-order valence-electron chi connectivity index (χ0n) is 13.2. The first-order valence-corrected chi connectivity index (χ1v) is 8.24. The van der Waals surface area contributed by atoms with Crippen LogP contribution in [0.1, 0.15) is 26.2 Å². The maximum absolute atomic E-state index is 11.6. The number of rotatable bonds is 6. The fourth-order valence-corrected chi connectivity index (χ4v) is 2.91. The Hall–Kier alpha value is -0.850. The Kier molecular flexibility index (Phi) is 7.26. The second-order valence-corrected chi connectivity index (χ2v) is 5.72. The van der Waals surface area contributed by atoms with Crippen LogP contribution in [-0.4, -0.2) is 81.0 Å². The quantitative estimate of drug-likeness (QED) is 0.739. The van der Waals surface area contributed by atoms with Crippen LogP contribution >= 0.6 is 0 Å². The molecule has 2 saturated heterocycles. The number of nitrogens with one attached hydrogen (secondary N) is 1. The van der Waals surface area contributed by atoms with Crippen LogP contribution in [0, 0.1) is 0 Å². The third-order valence-corrected chi connectivity index (χ3v) is 4.21. The maximum Gasteiger partial charge on any atom is 0.409 e. The SMILES string of the molecule is CCOC(=O)N1CCC(NCCCN2CCOCC2)CC1. The van der Waals surface area contributed by atoms with Crippen LogP contribution in [-0.2, 0) is 9.47 Å². The number of carbonyl (C=O) groups is 1. The van der Waals surface area contributed by atoms with Crippen molar-refractivity contribution < 1.29 is 14.3 Å². The first-order valence-electron chi connectivity index (χ1n) is 8.24. The first kappa shape index (κ1) is 16.5. The number of amides is 1. The Labute approximate surface area is 127 Å². The van der Waals surface area contributed by atoms with Gasteiger partial charge in [0, 0.05) is 32.2 Å². The molecule has 1 N–H and O–H groups in total. The van der Waals surface area contributed by atoms with Gasteiger partial charge in [-0.2, -0.15) is 0 Å². The molecule has 0 aliphatic carbocycles. The number of ether oxygens (including phenoxy) is 2. The molecule has 0 saturated carbocycles. The summed E-state index contributed by atoms with van der Waals surface area (Å²) >= 11 is 0. The minimum absolute atomic E-state index is 0.164. The number of morpholine rings is 1. The van der Waals surface area contributed by atoms with E-state index < -0.39 is 0 Å². The summed E-state index contributed by atoms with van der Waals surface area (Å²) in [6.07, 6.45) is 3.06. The van der Waals surface area contributed by atoms with Crippen molar-refractivity contribution in [1.29, 1.82) is 0 Å². The van der Waals surface area contributed by atoms with Gasteiger partial charge in [0.05, 0.1) is 19.8 Å². The molecular formula is C15H29N3O3. The molecule has 2 fully saturated rings. The summed E-state index contributed by atoms with van der Waals surface area (Å²) < 4.78 is 10.4. The third kappa shape index (κ3) is 5.80. The van der Waals surface area contributed by atoms with E-state index in [1.54, 1.807) is 0 Å². The van der Waals surface area contributed by atoms with Gasteiger partial charge < -0.3 is 19.7 Å². The largest absolute Gasteiger partial charge is 0.450 e. The summed E-state index contributed by atoms with van der Waals surface area (Å²) in [5.74, 6) is 0. The fraction of sp³-hybridized carbons (Fsp3) is 0.933. The predicted octanol–water partition coefficient (Wildman–Crippen LogP) is 0.919. The van der Waals surface area contributed by atoms with E-state index in [0.29, 0.717) is 12.6 Å². The average Bonchev–Trinajstić information content (AvgIpc) is 2.53. The van der Waals surface area contributed by atoms with Gasteiger partial charge in [0.15, 0.2) is 0 Å². The highest BCUT2D eigenvalue weighted by Crippen LogP contribution is 2.11. The van der Waals surface area contributed by atoms with Gasteiger partial charge in [0.25, 0.3) is 0 Å². The lowest BCUT2D eigenvalue weighted by molar-refractivity contribution is 0.0372. The molecule has 122 valence electrons. The van der Waals surface area contributed by atoms with Crippen molar-refractivity contribution in [3.63, 3.8) is 0 Å². The number of hydrogen-bond donors (Lipinski definition) is 1. The molecule has 2 heterocycles. The van der Waals surface area contributed by atoms with Crippen molar-refractivity contribution in [1.82, 2.24) is 15.1 Å². The van der Waals surface area contributed by atoms with Crippen molar-refractivity contribution in [2.75, 3.05) is 59.1 Å². The van der Waals surface area contributed by atoms with Gasteiger partial charge in [-0.25, -0.2) is 4.79 Å². The van der Waals surface area contributed by atoms with E-state index in [2.05, 4.69) is 10.2 Å². The molecule has 0 aromatic heterocycles. The van der Waals surface area contributed by atoms with Gasteiger partial charge in [-0.15, -0.1) is 0 Å².